The third-order valence-corrected chi connectivity index (χ3v) is 7.15. The highest BCUT2D eigenvalue weighted by Gasteiger charge is 2.41. The Bertz CT molecular complexity index is 792. The van der Waals surface area contributed by atoms with Crippen LogP contribution in [0.3, 0.4) is 0 Å². The summed E-state index contributed by atoms with van der Waals surface area (Å²) in [5, 5.41) is 0. The van der Waals surface area contributed by atoms with E-state index in [1.165, 1.54) is 26.2 Å². The average Bonchev–Trinajstić information content (AvgIpc) is 3.35. The molecule has 1 amide bonds. The molecule has 1 aliphatic rings. The normalized spacial score (nSPS) is 16.6. The van der Waals surface area contributed by atoms with Gasteiger partial charge >= 0.3 is 6.18 Å². The summed E-state index contributed by atoms with van der Waals surface area (Å²) in [6, 6.07) is 3.23. The number of sulfonamides is 1. The molecule has 0 radical (unpaired) electrons. The Hall–Kier alpha value is -1.13. The molecule has 0 aliphatic heterocycles. The van der Waals surface area contributed by atoms with Gasteiger partial charge in [0.2, 0.25) is 10.0 Å². The van der Waals surface area contributed by atoms with Gasteiger partial charge in [-0.15, -0.1) is 0 Å². The van der Waals surface area contributed by atoms with Crippen LogP contribution in [-0.2, 0) is 10.0 Å². The van der Waals surface area contributed by atoms with E-state index in [0.29, 0.717) is 0 Å². The first-order chi connectivity index (χ1) is 11.8. The van der Waals surface area contributed by atoms with Crippen molar-refractivity contribution in [2.45, 2.75) is 36.9 Å². The van der Waals surface area contributed by atoms with Gasteiger partial charge < -0.3 is 4.90 Å². The zero-order valence-electron chi connectivity index (χ0n) is 14.5. The molecule has 5 nitrogen and oxygen atoms in total. The molecule has 0 aromatic heterocycles. The van der Waals surface area contributed by atoms with Gasteiger partial charge in [0.1, 0.15) is 6.54 Å². The van der Waals surface area contributed by atoms with Crippen molar-refractivity contribution in [2.75, 3.05) is 20.6 Å². The van der Waals surface area contributed by atoms with Gasteiger partial charge in [0.05, 0.1) is 4.90 Å². The molecule has 0 bridgehead atoms. The van der Waals surface area contributed by atoms with Crippen LogP contribution in [0.1, 0.15) is 30.1 Å². The largest absolute Gasteiger partial charge is 0.406 e. The Labute approximate surface area is 159 Å². The number of carbonyl (C=O) groups is 1. The minimum atomic E-state index is -4.54. The predicted octanol–water partition coefficient (Wildman–Crippen LogP) is 3.50. The molecular weight excluding hydrogens is 437 g/mol. The molecule has 1 aliphatic carbocycles. The SMILES string of the molecule is C[C@@H](C1CC1)N(CC(F)(F)F)C(=O)c1ccc(Br)c(S(=O)(=O)N(C)C)c1. The molecule has 0 saturated heterocycles. The number of hydrogen-bond acceptors (Lipinski definition) is 3. The summed E-state index contributed by atoms with van der Waals surface area (Å²) in [7, 11) is -1.19. The minimum Gasteiger partial charge on any atom is -0.327 e. The van der Waals surface area contributed by atoms with Crippen LogP contribution in [0.2, 0.25) is 0 Å². The van der Waals surface area contributed by atoms with E-state index in [4.69, 9.17) is 0 Å². The average molecular weight is 457 g/mol. The topological polar surface area (TPSA) is 57.7 Å². The quantitative estimate of drug-likeness (QED) is 0.657. The van der Waals surface area contributed by atoms with Crippen LogP contribution >= 0.6 is 15.9 Å². The van der Waals surface area contributed by atoms with Crippen molar-refractivity contribution in [3.8, 4) is 0 Å². The van der Waals surface area contributed by atoms with E-state index in [1.807, 2.05) is 0 Å². The van der Waals surface area contributed by atoms with E-state index < -0.39 is 34.7 Å². The van der Waals surface area contributed by atoms with E-state index >= 15 is 0 Å². The lowest BCUT2D eigenvalue weighted by Crippen LogP contribution is -2.45. The summed E-state index contributed by atoms with van der Waals surface area (Å²) in [6.07, 6.45) is -2.97. The van der Waals surface area contributed by atoms with E-state index in [-0.39, 0.29) is 20.8 Å². The van der Waals surface area contributed by atoms with Crippen molar-refractivity contribution in [3.63, 3.8) is 0 Å². The highest BCUT2D eigenvalue weighted by Crippen LogP contribution is 2.37. The Morgan fingerprint density at radius 2 is 1.88 bits per heavy atom. The Balaban J connectivity index is 2.42. The van der Waals surface area contributed by atoms with Crippen LogP contribution < -0.4 is 0 Å². The van der Waals surface area contributed by atoms with Gasteiger partial charge in [0.25, 0.3) is 5.91 Å². The summed E-state index contributed by atoms with van der Waals surface area (Å²) in [6.45, 7) is 0.229. The maximum absolute atomic E-state index is 13.0. The lowest BCUT2D eigenvalue weighted by molar-refractivity contribution is -0.144. The molecule has 146 valence electrons. The van der Waals surface area contributed by atoms with E-state index in [0.717, 1.165) is 28.1 Å². The monoisotopic (exact) mass is 456 g/mol. The zero-order valence-corrected chi connectivity index (χ0v) is 16.9. The maximum Gasteiger partial charge on any atom is 0.406 e. The van der Waals surface area contributed by atoms with E-state index in [9.17, 15) is 26.4 Å². The first-order valence-electron chi connectivity index (χ1n) is 7.94. The van der Waals surface area contributed by atoms with Crippen LogP contribution in [0.15, 0.2) is 27.6 Å². The minimum absolute atomic E-state index is 0.0433. The van der Waals surface area contributed by atoms with Crippen LogP contribution in [0.25, 0.3) is 0 Å². The fourth-order valence-corrected chi connectivity index (χ4v) is 4.47. The Morgan fingerprint density at radius 3 is 2.35 bits per heavy atom. The van der Waals surface area contributed by atoms with Crippen molar-refractivity contribution < 1.29 is 26.4 Å². The standard InChI is InChI=1S/C16H20BrF3N2O3S/c1-10(11-4-5-11)22(9-16(18,19)20)15(23)12-6-7-13(17)14(8-12)26(24,25)21(2)3/h6-8,10-11H,4-5,9H2,1-3H3/t10-/m0/s1. The lowest BCUT2D eigenvalue weighted by atomic mass is 10.1. The van der Waals surface area contributed by atoms with Crippen molar-refractivity contribution in [1.82, 2.24) is 9.21 Å². The lowest BCUT2D eigenvalue weighted by Gasteiger charge is -2.30. The molecule has 0 unspecified atom stereocenters. The van der Waals surface area contributed by atoms with Gasteiger partial charge in [-0.2, -0.15) is 13.2 Å². The van der Waals surface area contributed by atoms with Crippen molar-refractivity contribution in [3.05, 3.63) is 28.2 Å². The number of halogens is 4. The van der Waals surface area contributed by atoms with E-state index in [1.54, 1.807) is 6.92 Å². The van der Waals surface area contributed by atoms with E-state index in [2.05, 4.69) is 15.9 Å². The van der Waals surface area contributed by atoms with Gasteiger partial charge in [-0.25, -0.2) is 12.7 Å². The zero-order chi connectivity index (χ0) is 19.9. The number of carbonyl (C=O) groups excluding carboxylic acids is 1. The third-order valence-electron chi connectivity index (χ3n) is 4.34. The third kappa shape index (κ3) is 4.77. The molecule has 2 rings (SSSR count). The van der Waals surface area contributed by atoms with Gasteiger partial charge in [0.15, 0.2) is 0 Å². The molecule has 0 heterocycles. The molecule has 26 heavy (non-hydrogen) atoms. The number of benzene rings is 1. The molecule has 1 aromatic rings. The second-order valence-electron chi connectivity index (χ2n) is 6.56. The number of hydrogen-bond donors (Lipinski definition) is 0. The molecule has 1 saturated carbocycles. The Morgan fingerprint density at radius 1 is 1.31 bits per heavy atom. The number of nitrogens with zero attached hydrogens (tertiary/aromatic N) is 2. The molecule has 0 N–H and O–H groups in total. The smallest absolute Gasteiger partial charge is 0.327 e. The fourth-order valence-electron chi connectivity index (χ4n) is 2.62. The van der Waals surface area contributed by atoms with Crippen LogP contribution in [0.5, 0.6) is 0 Å². The van der Waals surface area contributed by atoms with Crippen LogP contribution in [-0.4, -0.2) is 56.4 Å². The van der Waals surface area contributed by atoms with Crippen molar-refractivity contribution in [2.24, 2.45) is 5.92 Å². The Kier molecular flexibility index (Phi) is 6.09. The number of amides is 1. The molecular formula is C16H20BrF3N2O3S. The fraction of sp³-hybridized carbons (Fsp3) is 0.562. The molecule has 10 heteroatoms. The van der Waals surface area contributed by atoms with Gasteiger partial charge in [-0.3, -0.25) is 4.79 Å². The highest BCUT2D eigenvalue weighted by atomic mass is 79.9. The van der Waals surface area contributed by atoms with Crippen molar-refractivity contribution >= 4 is 31.9 Å². The second kappa shape index (κ2) is 7.47. The first-order valence-corrected chi connectivity index (χ1v) is 10.2. The maximum atomic E-state index is 13.0. The van der Waals surface area contributed by atoms with Gasteiger partial charge in [0, 0.05) is 30.2 Å². The summed E-state index contributed by atoms with van der Waals surface area (Å²) in [5.74, 6) is -0.786. The predicted molar refractivity (Wildman–Crippen MR) is 94.3 cm³/mol. The summed E-state index contributed by atoms with van der Waals surface area (Å²) >= 11 is 3.12. The summed E-state index contributed by atoms with van der Waals surface area (Å²) < 4.78 is 64.8. The summed E-state index contributed by atoms with van der Waals surface area (Å²) in [5.41, 5.74) is -0.0922. The highest BCUT2D eigenvalue weighted by molar-refractivity contribution is 9.10. The van der Waals surface area contributed by atoms with Crippen molar-refractivity contribution in [1.29, 1.82) is 0 Å². The number of alkyl halides is 3. The first kappa shape index (κ1) is 21.2. The van der Waals surface area contributed by atoms with Crippen LogP contribution in [0.4, 0.5) is 13.2 Å². The molecule has 1 atom stereocenters. The molecule has 1 fully saturated rings. The molecule has 0 spiro atoms. The number of rotatable bonds is 6. The second-order valence-corrected chi connectivity index (χ2v) is 9.53. The molecule has 1 aromatic carbocycles. The van der Waals surface area contributed by atoms with Crippen LogP contribution in [0, 0.1) is 5.92 Å². The summed E-state index contributed by atoms with van der Waals surface area (Å²) in [4.78, 5) is 13.4. The van der Waals surface area contributed by atoms with Gasteiger partial charge in [-0.05, 0) is 59.8 Å². The van der Waals surface area contributed by atoms with Gasteiger partial charge in [-0.1, -0.05) is 0 Å².